The number of carbonyl (C=O) groups excluding carboxylic acids is 2. The highest BCUT2D eigenvalue weighted by Gasteiger charge is 2.37. The standard InChI is InChI=1S/C11H18N2O2S/c1-8-10(15)13(6-9(14)12-8)7-11(2)4-3-5-16-11/h8H,3-7H2,1-2H3,(H,12,14). The Bertz CT molecular complexity index is 313. The molecule has 4 nitrogen and oxygen atoms in total. The molecule has 0 radical (unpaired) electrons. The van der Waals surface area contributed by atoms with Gasteiger partial charge in [-0.1, -0.05) is 0 Å². The van der Waals surface area contributed by atoms with E-state index in [4.69, 9.17) is 0 Å². The van der Waals surface area contributed by atoms with Gasteiger partial charge in [0.15, 0.2) is 0 Å². The van der Waals surface area contributed by atoms with Crippen LogP contribution in [0.2, 0.25) is 0 Å². The van der Waals surface area contributed by atoms with E-state index in [1.807, 2.05) is 11.8 Å². The fourth-order valence-corrected chi connectivity index (χ4v) is 3.69. The number of nitrogens with one attached hydrogen (secondary N) is 1. The largest absolute Gasteiger partial charge is 0.343 e. The molecular formula is C11H18N2O2S. The van der Waals surface area contributed by atoms with Crippen molar-refractivity contribution in [2.75, 3.05) is 18.8 Å². The van der Waals surface area contributed by atoms with Gasteiger partial charge in [0.2, 0.25) is 11.8 Å². The third-order valence-electron chi connectivity index (χ3n) is 3.22. The first-order chi connectivity index (χ1) is 7.50. The van der Waals surface area contributed by atoms with E-state index in [-0.39, 0.29) is 29.1 Å². The molecule has 2 rings (SSSR count). The molecule has 2 heterocycles. The molecule has 1 N–H and O–H groups in total. The minimum atomic E-state index is -0.365. The van der Waals surface area contributed by atoms with Gasteiger partial charge in [-0.25, -0.2) is 0 Å². The van der Waals surface area contributed by atoms with Crippen LogP contribution in [0.5, 0.6) is 0 Å². The van der Waals surface area contributed by atoms with Gasteiger partial charge in [-0.05, 0) is 32.4 Å². The normalized spacial score (nSPS) is 35.4. The van der Waals surface area contributed by atoms with Crippen LogP contribution in [-0.2, 0) is 9.59 Å². The molecule has 16 heavy (non-hydrogen) atoms. The predicted molar refractivity (Wildman–Crippen MR) is 64.3 cm³/mol. The number of carbonyl (C=O) groups is 2. The van der Waals surface area contributed by atoms with E-state index in [1.54, 1.807) is 11.8 Å². The lowest BCUT2D eigenvalue weighted by molar-refractivity contribution is -0.144. The lowest BCUT2D eigenvalue weighted by Gasteiger charge is -2.36. The minimum absolute atomic E-state index is 0.0429. The smallest absolute Gasteiger partial charge is 0.245 e. The zero-order valence-electron chi connectivity index (χ0n) is 9.78. The van der Waals surface area contributed by atoms with Gasteiger partial charge in [-0.3, -0.25) is 9.59 Å². The van der Waals surface area contributed by atoms with E-state index in [2.05, 4.69) is 12.2 Å². The van der Waals surface area contributed by atoms with Gasteiger partial charge in [-0.15, -0.1) is 0 Å². The van der Waals surface area contributed by atoms with Crippen LogP contribution in [0.3, 0.4) is 0 Å². The van der Waals surface area contributed by atoms with Gasteiger partial charge in [0.1, 0.15) is 6.04 Å². The number of nitrogens with zero attached hydrogens (tertiary/aromatic N) is 1. The van der Waals surface area contributed by atoms with Crippen molar-refractivity contribution in [3.8, 4) is 0 Å². The number of rotatable bonds is 2. The first kappa shape index (κ1) is 11.8. The molecule has 0 saturated carbocycles. The number of hydrogen-bond donors (Lipinski definition) is 1. The van der Waals surface area contributed by atoms with Crippen molar-refractivity contribution in [2.45, 2.75) is 37.5 Å². The topological polar surface area (TPSA) is 49.4 Å². The Balaban J connectivity index is 2.02. The van der Waals surface area contributed by atoms with Crippen molar-refractivity contribution in [3.05, 3.63) is 0 Å². The van der Waals surface area contributed by atoms with Crippen LogP contribution in [0, 0.1) is 0 Å². The van der Waals surface area contributed by atoms with E-state index in [0.717, 1.165) is 6.42 Å². The first-order valence-electron chi connectivity index (χ1n) is 5.72. The lowest BCUT2D eigenvalue weighted by Crippen LogP contribution is -2.58. The van der Waals surface area contributed by atoms with Crippen molar-refractivity contribution in [1.29, 1.82) is 0 Å². The van der Waals surface area contributed by atoms with E-state index in [1.165, 1.54) is 12.2 Å². The van der Waals surface area contributed by atoms with Crippen LogP contribution in [0.1, 0.15) is 26.7 Å². The Labute approximate surface area is 100 Å². The Morgan fingerprint density at radius 3 is 2.94 bits per heavy atom. The number of hydrogen-bond acceptors (Lipinski definition) is 3. The Kier molecular flexibility index (Phi) is 3.15. The maximum Gasteiger partial charge on any atom is 0.245 e. The highest BCUT2D eigenvalue weighted by Crippen LogP contribution is 2.38. The molecule has 5 heteroatoms. The van der Waals surface area contributed by atoms with Gasteiger partial charge in [0, 0.05) is 11.3 Å². The fraction of sp³-hybridized carbons (Fsp3) is 0.818. The SMILES string of the molecule is CC1NC(=O)CN(CC2(C)CCCS2)C1=O. The van der Waals surface area contributed by atoms with Gasteiger partial charge in [0.25, 0.3) is 0 Å². The second-order valence-electron chi connectivity index (χ2n) is 4.89. The quantitative estimate of drug-likeness (QED) is 0.772. The van der Waals surface area contributed by atoms with Crippen LogP contribution < -0.4 is 5.32 Å². The number of piperazine rings is 1. The molecule has 2 fully saturated rings. The highest BCUT2D eigenvalue weighted by atomic mass is 32.2. The average Bonchev–Trinajstić information content (AvgIpc) is 2.61. The molecule has 0 aliphatic carbocycles. The molecular weight excluding hydrogens is 224 g/mol. The van der Waals surface area contributed by atoms with E-state index in [0.29, 0.717) is 6.54 Å². The molecule has 0 aromatic heterocycles. The van der Waals surface area contributed by atoms with Crippen LogP contribution in [0.15, 0.2) is 0 Å². The summed E-state index contributed by atoms with van der Waals surface area (Å²) in [6, 6.07) is -0.365. The van der Waals surface area contributed by atoms with E-state index >= 15 is 0 Å². The summed E-state index contributed by atoms with van der Waals surface area (Å²) in [6.45, 7) is 4.86. The van der Waals surface area contributed by atoms with Crippen molar-refractivity contribution < 1.29 is 9.59 Å². The molecule has 2 saturated heterocycles. The predicted octanol–water partition coefficient (Wildman–Crippen LogP) is 0.619. The van der Waals surface area contributed by atoms with Gasteiger partial charge >= 0.3 is 0 Å². The lowest BCUT2D eigenvalue weighted by atomic mass is 10.0. The molecule has 2 amide bonds. The van der Waals surface area contributed by atoms with E-state index < -0.39 is 0 Å². The highest BCUT2D eigenvalue weighted by molar-refractivity contribution is 8.00. The van der Waals surface area contributed by atoms with Crippen molar-refractivity contribution in [2.24, 2.45) is 0 Å². The summed E-state index contributed by atoms with van der Waals surface area (Å²) in [5.74, 6) is 1.17. The Hall–Kier alpha value is -0.710. The summed E-state index contributed by atoms with van der Waals surface area (Å²) in [5, 5.41) is 2.66. The van der Waals surface area contributed by atoms with Crippen molar-refractivity contribution in [3.63, 3.8) is 0 Å². The Morgan fingerprint density at radius 2 is 2.31 bits per heavy atom. The molecule has 2 unspecified atom stereocenters. The van der Waals surface area contributed by atoms with Crippen molar-refractivity contribution in [1.82, 2.24) is 10.2 Å². The fourth-order valence-electron chi connectivity index (χ4n) is 2.37. The zero-order valence-corrected chi connectivity index (χ0v) is 10.6. The van der Waals surface area contributed by atoms with Crippen LogP contribution in [-0.4, -0.2) is 46.3 Å². The monoisotopic (exact) mass is 242 g/mol. The molecule has 2 atom stereocenters. The Morgan fingerprint density at radius 1 is 1.56 bits per heavy atom. The van der Waals surface area contributed by atoms with Crippen LogP contribution in [0.25, 0.3) is 0 Å². The van der Waals surface area contributed by atoms with Crippen LogP contribution in [0.4, 0.5) is 0 Å². The first-order valence-corrected chi connectivity index (χ1v) is 6.71. The molecule has 0 aromatic rings. The summed E-state index contributed by atoms with van der Waals surface area (Å²) in [6.07, 6.45) is 2.35. The summed E-state index contributed by atoms with van der Waals surface area (Å²) < 4.78 is 0.146. The second-order valence-corrected chi connectivity index (χ2v) is 6.57. The van der Waals surface area contributed by atoms with E-state index in [9.17, 15) is 9.59 Å². The summed E-state index contributed by atoms with van der Waals surface area (Å²) in [7, 11) is 0. The van der Waals surface area contributed by atoms with Gasteiger partial charge in [0.05, 0.1) is 6.54 Å². The zero-order chi connectivity index (χ0) is 11.8. The molecule has 0 spiro atoms. The third-order valence-corrected chi connectivity index (χ3v) is 4.74. The van der Waals surface area contributed by atoms with Gasteiger partial charge < -0.3 is 10.2 Å². The molecule has 0 bridgehead atoms. The maximum atomic E-state index is 11.9. The summed E-state index contributed by atoms with van der Waals surface area (Å²) in [4.78, 5) is 25.0. The maximum absolute atomic E-state index is 11.9. The molecule has 90 valence electrons. The molecule has 2 aliphatic heterocycles. The average molecular weight is 242 g/mol. The third kappa shape index (κ3) is 2.34. The molecule has 2 aliphatic rings. The molecule has 0 aromatic carbocycles. The second kappa shape index (κ2) is 4.28. The van der Waals surface area contributed by atoms with Crippen molar-refractivity contribution >= 4 is 23.6 Å². The van der Waals surface area contributed by atoms with Crippen LogP contribution >= 0.6 is 11.8 Å². The number of thioether (sulfide) groups is 1. The summed E-state index contributed by atoms with van der Waals surface area (Å²) >= 11 is 1.92. The minimum Gasteiger partial charge on any atom is -0.343 e. The summed E-state index contributed by atoms with van der Waals surface area (Å²) in [5.41, 5.74) is 0. The number of amides is 2. The van der Waals surface area contributed by atoms with Gasteiger partial charge in [-0.2, -0.15) is 11.8 Å².